The van der Waals surface area contributed by atoms with Crippen molar-refractivity contribution in [2.75, 3.05) is 4.90 Å². The summed E-state index contributed by atoms with van der Waals surface area (Å²) in [5.74, 6) is 0. The molecule has 2 aliphatic carbocycles. The zero-order valence-electron chi connectivity index (χ0n) is 32.8. The maximum atomic E-state index is 5.31. The first-order chi connectivity index (χ1) is 28.0. The van der Waals surface area contributed by atoms with Crippen LogP contribution < -0.4 is 4.90 Å². The predicted molar refractivity (Wildman–Crippen MR) is 246 cm³/mol. The lowest BCUT2D eigenvalue weighted by molar-refractivity contribution is 0.654. The van der Waals surface area contributed by atoms with Gasteiger partial charge in [-0.2, -0.15) is 0 Å². The molecule has 0 amide bonds. The fourth-order valence-corrected chi connectivity index (χ4v) is 9.76. The Balaban J connectivity index is 1.08. The molecule has 0 saturated carbocycles. The Morgan fingerprint density at radius 3 is 2.11 bits per heavy atom. The van der Waals surface area contributed by atoms with Gasteiger partial charge in [0.25, 0.3) is 0 Å². The molecule has 0 bridgehead atoms. The first kappa shape index (κ1) is 36.4. The summed E-state index contributed by atoms with van der Waals surface area (Å²) in [6, 6.07) is 54.8. The third-order valence-corrected chi connectivity index (χ3v) is 12.7. The maximum absolute atomic E-state index is 5.31. The van der Waals surface area contributed by atoms with Gasteiger partial charge in [0.2, 0.25) is 0 Å². The van der Waals surface area contributed by atoms with Crippen LogP contribution in [0.5, 0.6) is 0 Å². The molecule has 3 heteroatoms. The predicted octanol–water partition coefficient (Wildman–Crippen LogP) is 14.2. The number of anilines is 2. The number of benzene rings is 6. The molecule has 9 rings (SSSR count). The van der Waals surface area contributed by atoms with Crippen LogP contribution in [0.1, 0.15) is 59.0 Å². The molecular formula is C54H46N2S. The molecule has 7 aromatic rings. The van der Waals surface area contributed by atoms with Crippen LogP contribution in [0.4, 0.5) is 11.4 Å². The van der Waals surface area contributed by atoms with Crippen molar-refractivity contribution < 1.29 is 0 Å². The second-order valence-electron chi connectivity index (χ2n) is 15.4. The Morgan fingerprint density at radius 2 is 1.40 bits per heavy atom. The van der Waals surface area contributed by atoms with E-state index in [-0.39, 0.29) is 11.5 Å². The molecule has 0 radical (unpaired) electrons. The number of allylic oxidation sites excluding steroid dienone is 5. The van der Waals surface area contributed by atoms with Crippen LogP contribution in [0.2, 0.25) is 0 Å². The minimum absolute atomic E-state index is 0.104. The molecule has 0 saturated heterocycles. The first-order valence-electron chi connectivity index (χ1n) is 20.0. The van der Waals surface area contributed by atoms with Crippen molar-refractivity contribution in [3.8, 4) is 11.1 Å². The average molecular weight is 755 g/mol. The van der Waals surface area contributed by atoms with Crippen LogP contribution in [-0.2, 0) is 18.4 Å². The van der Waals surface area contributed by atoms with Crippen molar-refractivity contribution in [3.63, 3.8) is 0 Å². The zero-order valence-corrected chi connectivity index (χ0v) is 33.6. The molecular weight excluding hydrogens is 709 g/mol. The number of nitrogens with zero attached hydrogens (tertiary/aromatic N) is 2. The van der Waals surface area contributed by atoms with Gasteiger partial charge in [0.1, 0.15) is 0 Å². The van der Waals surface area contributed by atoms with Gasteiger partial charge in [-0.25, -0.2) is 0 Å². The molecule has 6 aromatic carbocycles. The summed E-state index contributed by atoms with van der Waals surface area (Å²) in [7, 11) is 0. The lowest BCUT2D eigenvalue weighted by Gasteiger charge is -2.35. The molecule has 278 valence electrons. The quantitative estimate of drug-likeness (QED) is 0.100. The summed E-state index contributed by atoms with van der Waals surface area (Å²) in [5, 5.41) is 1.33. The summed E-state index contributed by atoms with van der Waals surface area (Å²) in [4.78, 5) is 9.29. The minimum Gasteiger partial charge on any atom is -0.334 e. The minimum atomic E-state index is -0.104. The number of hydrogen-bond acceptors (Lipinski definition) is 3. The van der Waals surface area contributed by atoms with E-state index in [1.165, 1.54) is 65.3 Å². The van der Waals surface area contributed by atoms with E-state index in [1.807, 2.05) is 11.3 Å². The van der Waals surface area contributed by atoms with Gasteiger partial charge in [0.05, 0.1) is 18.3 Å². The fourth-order valence-electron chi connectivity index (χ4n) is 8.47. The lowest BCUT2D eigenvalue weighted by atomic mass is 9.81. The number of thiophene rings is 1. The number of aliphatic imine (C=N–C) groups is 1. The van der Waals surface area contributed by atoms with Crippen LogP contribution in [0.25, 0.3) is 33.4 Å². The van der Waals surface area contributed by atoms with Crippen molar-refractivity contribution in [1.82, 2.24) is 0 Å². The SMILES string of the molecule is C/C=C\C=C/C1=Cc2ccc(N(c3ccc(-c4ccccc4)cc3)C3C=Cc4c(sc5cccc(CN=C(c6ccccc6)c6ccccc6)c45)C3)cc2C1(C)C. The van der Waals surface area contributed by atoms with E-state index in [0.29, 0.717) is 6.54 Å². The molecule has 57 heavy (non-hydrogen) atoms. The highest BCUT2D eigenvalue weighted by atomic mass is 32.1. The molecule has 2 aliphatic rings. The summed E-state index contributed by atoms with van der Waals surface area (Å²) in [6.45, 7) is 7.37. The Morgan fingerprint density at radius 1 is 0.737 bits per heavy atom. The topological polar surface area (TPSA) is 15.6 Å². The average Bonchev–Trinajstić information content (AvgIpc) is 3.75. The second-order valence-corrected chi connectivity index (χ2v) is 16.6. The Bertz CT molecular complexity index is 2650. The van der Waals surface area contributed by atoms with Crippen molar-refractivity contribution in [3.05, 3.63) is 226 Å². The van der Waals surface area contributed by atoms with E-state index in [0.717, 1.165) is 23.3 Å². The number of fused-ring (bicyclic) bond motifs is 4. The van der Waals surface area contributed by atoms with Crippen molar-refractivity contribution in [2.24, 2.45) is 4.99 Å². The molecule has 2 nitrogen and oxygen atoms in total. The standard InChI is InChI=1S/C54H46N2S/c1-4-5-9-24-44-34-42-28-31-46(35-49(42)54(44,2)3)56(45-29-26-39(27-30-45)38-17-10-6-11-18-38)47-32-33-48-51(36-47)57-50-25-16-23-43(52(48)50)37-55-53(40-19-12-7-13-20-40)41-21-14-8-15-22-41/h4-35,47H,36-37H2,1-3H3/b5-4-,24-9-. The maximum Gasteiger partial charge on any atom is 0.0723 e. The summed E-state index contributed by atoms with van der Waals surface area (Å²) in [5.41, 5.74) is 14.6. The van der Waals surface area contributed by atoms with Crippen LogP contribution >= 0.6 is 11.3 Å². The van der Waals surface area contributed by atoms with E-state index >= 15 is 0 Å². The lowest BCUT2D eigenvalue weighted by Crippen LogP contribution is -2.33. The Labute approximate surface area is 341 Å². The van der Waals surface area contributed by atoms with E-state index < -0.39 is 0 Å². The van der Waals surface area contributed by atoms with Gasteiger partial charge in [-0.1, -0.05) is 178 Å². The van der Waals surface area contributed by atoms with Gasteiger partial charge in [-0.05, 0) is 76.2 Å². The van der Waals surface area contributed by atoms with E-state index in [2.05, 4.69) is 220 Å². The Kier molecular flexibility index (Phi) is 10.0. The molecule has 1 atom stereocenters. The van der Waals surface area contributed by atoms with Gasteiger partial charge in [0, 0.05) is 49.3 Å². The van der Waals surface area contributed by atoms with Crippen molar-refractivity contribution in [2.45, 2.75) is 45.2 Å². The van der Waals surface area contributed by atoms with Crippen LogP contribution in [-0.4, -0.2) is 11.8 Å². The fraction of sp³-hybridized carbons (Fsp3) is 0.130. The second kappa shape index (κ2) is 15.7. The molecule has 1 aromatic heterocycles. The first-order valence-corrected chi connectivity index (χ1v) is 20.8. The summed E-state index contributed by atoms with van der Waals surface area (Å²) < 4.78 is 1.32. The van der Waals surface area contributed by atoms with E-state index in [1.54, 1.807) is 0 Å². The van der Waals surface area contributed by atoms with E-state index in [4.69, 9.17) is 4.99 Å². The highest BCUT2D eigenvalue weighted by Crippen LogP contribution is 2.46. The summed E-state index contributed by atoms with van der Waals surface area (Å²) >= 11 is 1.93. The highest BCUT2D eigenvalue weighted by molar-refractivity contribution is 7.19. The third-order valence-electron chi connectivity index (χ3n) is 11.5. The van der Waals surface area contributed by atoms with Gasteiger partial charge < -0.3 is 4.90 Å². The van der Waals surface area contributed by atoms with Gasteiger partial charge in [0.15, 0.2) is 0 Å². The molecule has 1 unspecified atom stereocenters. The number of rotatable bonds is 10. The number of hydrogen-bond donors (Lipinski definition) is 0. The van der Waals surface area contributed by atoms with Gasteiger partial charge in [-0.3, -0.25) is 4.99 Å². The van der Waals surface area contributed by atoms with Crippen LogP contribution in [0, 0.1) is 0 Å². The Hall–Kier alpha value is -6.29. The van der Waals surface area contributed by atoms with Gasteiger partial charge >= 0.3 is 0 Å². The monoisotopic (exact) mass is 754 g/mol. The van der Waals surface area contributed by atoms with Crippen LogP contribution in [0.3, 0.4) is 0 Å². The molecule has 0 N–H and O–H groups in total. The van der Waals surface area contributed by atoms with Gasteiger partial charge in [-0.15, -0.1) is 11.3 Å². The smallest absolute Gasteiger partial charge is 0.0723 e. The molecule has 0 fully saturated rings. The van der Waals surface area contributed by atoms with Crippen molar-refractivity contribution >= 4 is 50.7 Å². The summed E-state index contributed by atoms with van der Waals surface area (Å²) in [6.07, 6.45) is 16.7. The highest BCUT2D eigenvalue weighted by Gasteiger charge is 2.33. The molecule has 0 aliphatic heterocycles. The molecule has 0 spiro atoms. The van der Waals surface area contributed by atoms with Crippen LogP contribution in [0.15, 0.2) is 193 Å². The third kappa shape index (κ3) is 7.16. The normalized spacial score (nSPS) is 15.5. The van der Waals surface area contributed by atoms with Crippen molar-refractivity contribution in [1.29, 1.82) is 0 Å². The zero-order chi connectivity index (χ0) is 38.8. The largest absolute Gasteiger partial charge is 0.334 e. The molecule has 1 heterocycles. The van der Waals surface area contributed by atoms with E-state index in [9.17, 15) is 0 Å².